The first-order valence-electron chi connectivity index (χ1n) is 10.5. The number of aromatic nitrogens is 4. The van der Waals surface area contributed by atoms with Gasteiger partial charge in [-0.05, 0) is 58.4 Å². The lowest BCUT2D eigenvalue weighted by molar-refractivity contribution is -0.134. The first-order chi connectivity index (χ1) is 14.7. The van der Waals surface area contributed by atoms with Gasteiger partial charge in [0.15, 0.2) is 0 Å². The Hall–Kier alpha value is -2.68. The summed E-state index contributed by atoms with van der Waals surface area (Å²) in [7, 11) is 1.71. The summed E-state index contributed by atoms with van der Waals surface area (Å²) in [5, 5.41) is 7.38. The molecule has 0 spiro atoms. The van der Waals surface area contributed by atoms with E-state index in [4.69, 9.17) is 17.3 Å². The van der Waals surface area contributed by atoms with E-state index in [1.165, 1.54) is 4.68 Å². The molecule has 1 atom stereocenters. The topological polar surface area (TPSA) is 119 Å². The van der Waals surface area contributed by atoms with Crippen molar-refractivity contribution in [3.63, 3.8) is 0 Å². The van der Waals surface area contributed by atoms with Crippen molar-refractivity contribution in [1.82, 2.24) is 30.0 Å². The summed E-state index contributed by atoms with van der Waals surface area (Å²) in [6.45, 7) is 6.64. The summed E-state index contributed by atoms with van der Waals surface area (Å²) in [6, 6.07) is 1.11. The molecule has 2 aromatic heterocycles. The van der Waals surface area contributed by atoms with Crippen LogP contribution in [0.4, 0.5) is 5.82 Å². The number of amides is 2. The molecule has 1 fully saturated rings. The lowest BCUT2D eigenvalue weighted by Crippen LogP contribution is -2.49. The van der Waals surface area contributed by atoms with Crippen LogP contribution in [0.1, 0.15) is 53.8 Å². The molecule has 2 amide bonds. The second-order valence-corrected chi connectivity index (χ2v) is 8.58. The first-order valence-corrected chi connectivity index (χ1v) is 10.9. The van der Waals surface area contributed by atoms with Gasteiger partial charge < -0.3 is 16.0 Å². The molecule has 168 valence electrons. The van der Waals surface area contributed by atoms with Gasteiger partial charge in [-0.2, -0.15) is 5.10 Å². The molecule has 0 aliphatic carbocycles. The van der Waals surface area contributed by atoms with Crippen LogP contribution in [0.15, 0.2) is 6.07 Å². The molecule has 2 aromatic rings. The van der Waals surface area contributed by atoms with Gasteiger partial charge in [0.1, 0.15) is 28.5 Å². The molecule has 9 nitrogen and oxygen atoms in total. The summed E-state index contributed by atoms with van der Waals surface area (Å²) < 4.78 is 1.52. The summed E-state index contributed by atoms with van der Waals surface area (Å²) in [4.78, 5) is 35.5. The average molecular weight is 448 g/mol. The number of hydrogen-bond acceptors (Lipinski definition) is 6. The molecule has 31 heavy (non-hydrogen) atoms. The quantitative estimate of drug-likeness (QED) is 0.654. The number of nitrogens with two attached hydrogens (primary N) is 1. The molecule has 10 heteroatoms. The van der Waals surface area contributed by atoms with Crippen LogP contribution in [0.3, 0.4) is 0 Å². The van der Waals surface area contributed by atoms with Crippen molar-refractivity contribution < 1.29 is 9.59 Å². The van der Waals surface area contributed by atoms with E-state index in [1.807, 2.05) is 11.8 Å². The zero-order valence-electron chi connectivity index (χ0n) is 18.5. The summed E-state index contributed by atoms with van der Waals surface area (Å²) >= 11 is 6.22. The molecule has 3 heterocycles. The fourth-order valence-electron chi connectivity index (χ4n) is 4.03. The van der Waals surface area contributed by atoms with Crippen molar-refractivity contribution in [2.75, 3.05) is 18.8 Å². The lowest BCUT2D eigenvalue weighted by atomic mass is 9.90. The van der Waals surface area contributed by atoms with Crippen LogP contribution in [0.2, 0.25) is 5.15 Å². The average Bonchev–Trinajstić information content (AvgIpc) is 3.05. The van der Waals surface area contributed by atoms with E-state index in [1.54, 1.807) is 27.0 Å². The predicted molar refractivity (Wildman–Crippen MR) is 119 cm³/mol. The number of rotatable bonds is 6. The Kier molecular flexibility index (Phi) is 7.15. The van der Waals surface area contributed by atoms with Crippen LogP contribution >= 0.6 is 11.6 Å². The highest BCUT2D eigenvalue weighted by Crippen LogP contribution is 2.26. The number of halogens is 1. The van der Waals surface area contributed by atoms with Gasteiger partial charge in [-0.25, -0.2) is 9.97 Å². The summed E-state index contributed by atoms with van der Waals surface area (Å²) in [5.41, 5.74) is 7.99. The van der Waals surface area contributed by atoms with Gasteiger partial charge in [-0.3, -0.25) is 14.3 Å². The van der Waals surface area contributed by atoms with E-state index >= 15 is 0 Å². The summed E-state index contributed by atoms with van der Waals surface area (Å²) in [6.07, 6.45) is 3.44. The smallest absolute Gasteiger partial charge is 0.270 e. The molecule has 1 saturated heterocycles. The molecule has 3 rings (SSSR count). The highest BCUT2D eigenvalue weighted by Gasteiger charge is 2.28. The maximum Gasteiger partial charge on any atom is 0.270 e. The third-order valence-electron chi connectivity index (χ3n) is 5.78. The Morgan fingerprint density at radius 1 is 1.29 bits per heavy atom. The maximum absolute atomic E-state index is 12.8. The number of hydrogen-bond donors (Lipinski definition) is 2. The fraction of sp³-hybridized carbons (Fsp3) is 0.571. The van der Waals surface area contributed by atoms with Crippen LogP contribution < -0.4 is 11.1 Å². The predicted octanol–water partition coefficient (Wildman–Crippen LogP) is 2.05. The van der Waals surface area contributed by atoms with Crippen LogP contribution in [0.5, 0.6) is 0 Å². The minimum absolute atomic E-state index is 0.0649. The molecule has 1 aliphatic heterocycles. The minimum atomic E-state index is -0.595. The van der Waals surface area contributed by atoms with Crippen molar-refractivity contribution in [3.05, 3.63) is 34.0 Å². The van der Waals surface area contributed by atoms with Crippen molar-refractivity contribution in [2.24, 2.45) is 13.0 Å². The van der Waals surface area contributed by atoms with Gasteiger partial charge in [0.25, 0.3) is 5.91 Å². The largest absolute Gasteiger partial charge is 0.383 e. The van der Waals surface area contributed by atoms with Crippen molar-refractivity contribution in [1.29, 1.82) is 0 Å². The highest BCUT2D eigenvalue weighted by molar-refractivity contribution is 6.30. The zero-order valence-corrected chi connectivity index (χ0v) is 19.2. The maximum atomic E-state index is 12.8. The molecular weight excluding hydrogens is 418 g/mol. The normalized spacial score (nSPS) is 15.7. The highest BCUT2D eigenvalue weighted by atomic mass is 35.5. The van der Waals surface area contributed by atoms with Gasteiger partial charge in [0.2, 0.25) is 5.91 Å². The number of carbonyl (C=O) groups excluding carboxylic acids is 2. The Labute approximate surface area is 187 Å². The zero-order chi connectivity index (χ0) is 22.7. The van der Waals surface area contributed by atoms with Crippen molar-refractivity contribution in [3.8, 4) is 0 Å². The monoisotopic (exact) mass is 447 g/mol. The van der Waals surface area contributed by atoms with Crippen LogP contribution in [-0.4, -0.2) is 55.6 Å². The number of nitrogens with zero attached hydrogens (tertiary/aromatic N) is 5. The Balaban J connectivity index is 1.48. The second-order valence-electron chi connectivity index (χ2n) is 8.22. The van der Waals surface area contributed by atoms with Gasteiger partial charge in [-0.15, -0.1) is 0 Å². The van der Waals surface area contributed by atoms with E-state index in [9.17, 15) is 9.59 Å². The van der Waals surface area contributed by atoms with Crippen LogP contribution in [0, 0.1) is 19.8 Å². The second kappa shape index (κ2) is 9.64. The first kappa shape index (κ1) is 23.0. The number of nitrogens with one attached hydrogen (secondary N) is 1. The SMILES string of the molecule is Cc1cc(C(=O)NC(C)C(=O)N2CCC(CCc3c(N)nc(C)nc3Cl)CC2)n(C)n1. The molecule has 1 unspecified atom stereocenters. The Bertz CT molecular complexity index is 944. The number of anilines is 1. The van der Waals surface area contributed by atoms with Gasteiger partial charge in [-0.1, -0.05) is 11.6 Å². The van der Waals surface area contributed by atoms with E-state index in [2.05, 4.69) is 20.4 Å². The fourth-order valence-corrected chi connectivity index (χ4v) is 4.35. The molecule has 3 N–H and O–H groups in total. The van der Waals surface area contributed by atoms with Crippen LogP contribution in [0.25, 0.3) is 0 Å². The third kappa shape index (κ3) is 5.52. The molecule has 0 radical (unpaired) electrons. The number of nitrogen functional groups attached to an aromatic ring is 1. The molecule has 0 saturated carbocycles. The minimum Gasteiger partial charge on any atom is -0.383 e. The van der Waals surface area contributed by atoms with E-state index in [0.29, 0.717) is 41.5 Å². The standard InChI is InChI=1S/C21H30ClN7O2/c1-12-11-17(28(4)27-12)20(30)24-13(2)21(31)29-9-7-15(8-10-29)5-6-16-18(22)25-14(3)26-19(16)23/h11,13,15H,5-10H2,1-4H3,(H,24,30)(H2,23,25,26). The Morgan fingerprint density at radius 2 is 1.97 bits per heavy atom. The number of carbonyl (C=O) groups is 2. The number of aryl methyl sites for hydroxylation is 3. The van der Waals surface area contributed by atoms with Crippen LogP contribution in [-0.2, 0) is 18.3 Å². The summed E-state index contributed by atoms with van der Waals surface area (Å²) in [5.74, 6) is 1.12. The van der Waals surface area contributed by atoms with Gasteiger partial charge in [0.05, 0.1) is 5.69 Å². The number of likely N-dealkylation sites (tertiary alicyclic amines) is 1. The molecule has 1 aliphatic rings. The van der Waals surface area contributed by atoms with E-state index < -0.39 is 6.04 Å². The lowest BCUT2D eigenvalue weighted by Gasteiger charge is -2.33. The van der Waals surface area contributed by atoms with Gasteiger partial charge >= 0.3 is 0 Å². The molecule has 0 aromatic carbocycles. The van der Waals surface area contributed by atoms with Crippen molar-refractivity contribution >= 4 is 29.2 Å². The van der Waals surface area contributed by atoms with E-state index in [0.717, 1.165) is 36.9 Å². The van der Waals surface area contributed by atoms with Crippen molar-refractivity contribution in [2.45, 2.75) is 52.5 Å². The Morgan fingerprint density at radius 3 is 2.55 bits per heavy atom. The van der Waals surface area contributed by atoms with E-state index in [-0.39, 0.29) is 11.8 Å². The molecular formula is C21H30ClN7O2. The third-order valence-corrected chi connectivity index (χ3v) is 6.09. The number of piperidine rings is 1. The molecule has 0 bridgehead atoms. The van der Waals surface area contributed by atoms with Gasteiger partial charge in [0, 0.05) is 25.7 Å².